The molecule has 0 saturated carbocycles. The average Bonchev–Trinajstić information content (AvgIpc) is 3.13. The van der Waals surface area contributed by atoms with Gasteiger partial charge in [-0.05, 0) is 51.1 Å². The number of fused-ring (bicyclic) bond motifs is 1. The predicted molar refractivity (Wildman–Crippen MR) is 123 cm³/mol. The Bertz CT molecular complexity index is 1340. The number of aromatic nitrogens is 3. The monoisotopic (exact) mass is 430 g/mol. The minimum absolute atomic E-state index is 0.0525. The molecule has 0 atom stereocenters. The first-order valence-corrected chi connectivity index (χ1v) is 9.96. The maximum Gasteiger partial charge on any atom is 0.269 e. The Morgan fingerprint density at radius 1 is 1.06 bits per heavy atom. The van der Waals surface area contributed by atoms with Gasteiger partial charge in [0.05, 0.1) is 16.0 Å². The van der Waals surface area contributed by atoms with Crippen LogP contribution in [-0.4, -0.2) is 25.6 Å². The van der Waals surface area contributed by atoms with Crippen LogP contribution in [0.5, 0.6) is 0 Å². The summed E-state index contributed by atoms with van der Waals surface area (Å²) in [5.74, 6) is 0.269. The number of rotatable bonds is 5. The summed E-state index contributed by atoms with van der Waals surface area (Å²) >= 11 is 0. The molecule has 0 bridgehead atoms. The van der Waals surface area contributed by atoms with Gasteiger partial charge in [-0.1, -0.05) is 18.2 Å². The fourth-order valence-electron chi connectivity index (χ4n) is 3.45. The number of nitrogens with two attached hydrogens (primary N) is 1. The van der Waals surface area contributed by atoms with Gasteiger partial charge in [-0.25, -0.2) is 9.67 Å². The van der Waals surface area contributed by atoms with Crippen LogP contribution in [-0.2, 0) is 5.54 Å². The van der Waals surface area contributed by atoms with E-state index in [-0.39, 0.29) is 11.3 Å². The van der Waals surface area contributed by atoms with Crippen LogP contribution in [0, 0.1) is 10.1 Å². The summed E-state index contributed by atoms with van der Waals surface area (Å²) in [7, 11) is 0. The molecule has 1 amide bonds. The molecule has 162 valence electrons. The molecular weight excluding hydrogens is 408 g/mol. The van der Waals surface area contributed by atoms with Crippen molar-refractivity contribution < 1.29 is 9.72 Å². The van der Waals surface area contributed by atoms with Crippen molar-refractivity contribution in [2.45, 2.75) is 26.3 Å². The molecule has 0 aliphatic rings. The number of carbonyl (C=O) groups is 1. The molecular formula is C23H22N6O3. The van der Waals surface area contributed by atoms with Crippen molar-refractivity contribution in [3.63, 3.8) is 0 Å². The normalized spacial score (nSPS) is 11.5. The van der Waals surface area contributed by atoms with Crippen molar-refractivity contribution in [3.8, 4) is 11.3 Å². The summed E-state index contributed by atoms with van der Waals surface area (Å²) in [5, 5.41) is 19.9. The maximum atomic E-state index is 12.5. The van der Waals surface area contributed by atoms with Crippen LogP contribution in [0.3, 0.4) is 0 Å². The van der Waals surface area contributed by atoms with Crippen LogP contribution in [0.25, 0.3) is 22.2 Å². The number of nitrogens with zero attached hydrogens (tertiary/aromatic N) is 4. The van der Waals surface area contributed by atoms with Gasteiger partial charge in [0, 0.05) is 23.1 Å². The quantitative estimate of drug-likeness (QED) is 0.351. The van der Waals surface area contributed by atoms with E-state index >= 15 is 0 Å². The standard InChI is InChI=1S/C23H22N6O3/c1-23(2,3)28-22(26-18-13-10-14-6-4-5-7-17(14)25-18)19(21(24)30)20(27-28)15-8-11-16(12-9-15)29(31)32/h4-13H,1-3H3,(H2,24,30)(H,25,26). The summed E-state index contributed by atoms with van der Waals surface area (Å²) in [6, 6.07) is 17.3. The van der Waals surface area contributed by atoms with Crippen LogP contribution >= 0.6 is 0 Å². The SMILES string of the molecule is CC(C)(C)n1nc(-c2ccc([N+](=O)[O-])cc2)c(C(N)=O)c1Nc1ccc2ccccc2n1. The lowest BCUT2D eigenvalue weighted by molar-refractivity contribution is -0.384. The molecule has 2 aromatic carbocycles. The Hall–Kier alpha value is -4.27. The number of nitro benzene ring substituents is 1. The van der Waals surface area contributed by atoms with Gasteiger partial charge in [-0.15, -0.1) is 0 Å². The van der Waals surface area contributed by atoms with E-state index in [0.29, 0.717) is 22.9 Å². The number of anilines is 2. The maximum absolute atomic E-state index is 12.5. The molecule has 0 aliphatic carbocycles. The second-order valence-electron chi connectivity index (χ2n) is 8.34. The molecule has 0 saturated heterocycles. The fourth-order valence-corrected chi connectivity index (χ4v) is 3.45. The third-order valence-electron chi connectivity index (χ3n) is 4.96. The Balaban J connectivity index is 1.87. The molecule has 4 aromatic rings. The van der Waals surface area contributed by atoms with Crippen molar-refractivity contribution in [3.05, 3.63) is 76.3 Å². The van der Waals surface area contributed by atoms with Gasteiger partial charge >= 0.3 is 0 Å². The fraction of sp³-hybridized carbons (Fsp3) is 0.174. The molecule has 0 unspecified atom stereocenters. The largest absolute Gasteiger partial charge is 0.365 e. The zero-order chi connectivity index (χ0) is 23.0. The predicted octanol–water partition coefficient (Wildman–Crippen LogP) is 4.60. The lowest BCUT2D eigenvalue weighted by Gasteiger charge is -2.23. The zero-order valence-electron chi connectivity index (χ0n) is 17.9. The van der Waals surface area contributed by atoms with E-state index in [0.717, 1.165) is 10.9 Å². The average molecular weight is 430 g/mol. The number of benzene rings is 2. The van der Waals surface area contributed by atoms with Crippen LogP contribution in [0.4, 0.5) is 17.3 Å². The van der Waals surface area contributed by atoms with Gasteiger partial charge in [0.15, 0.2) is 0 Å². The van der Waals surface area contributed by atoms with Crippen LogP contribution in [0.2, 0.25) is 0 Å². The molecule has 32 heavy (non-hydrogen) atoms. The van der Waals surface area contributed by atoms with Crippen molar-refractivity contribution in [2.24, 2.45) is 5.73 Å². The second-order valence-corrected chi connectivity index (χ2v) is 8.34. The van der Waals surface area contributed by atoms with E-state index in [9.17, 15) is 14.9 Å². The Labute approximate surface area is 184 Å². The molecule has 0 spiro atoms. The summed E-state index contributed by atoms with van der Waals surface area (Å²) in [4.78, 5) is 27.7. The molecule has 3 N–H and O–H groups in total. The highest BCUT2D eigenvalue weighted by Crippen LogP contribution is 2.35. The number of pyridine rings is 1. The topological polar surface area (TPSA) is 129 Å². The van der Waals surface area contributed by atoms with E-state index in [1.807, 2.05) is 57.2 Å². The number of para-hydroxylation sites is 1. The Kier molecular flexibility index (Phi) is 5.09. The van der Waals surface area contributed by atoms with Crippen molar-refractivity contribution in [1.82, 2.24) is 14.8 Å². The van der Waals surface area contributed by atoms with E-state index < -0.39 is 16.4 Å². The third-order valence-corrected chi connectivity index (χ3v) is 4.96. The summed E-state index contributed by atoms with van der Waals surface area (Å²) in [5.41, 5.74) is 7.09. The first kappa shape index (κ1) is 21.0. The van der Waals surface area contributed by atoms with E-state index in [2.05, 4.69) is 15.4 Å². The van der Waals surface area contributed by atoms with E-state index in [1.54, 1.807) is 16.8 Å². The minimum Gasteiger partial charge on any atom is -0.365 e. The molecule has 2 aromatic heterocycles. The smallest absolute Gasteiger partial charge is 0.269 e. The van der Waals surface area contributed by atoms with Crippen molar-refractivity contribution in [1.29, 1.82) is 0 Å². The number of hydrogen-bond donors (Lipinski definition) is 2. The molecule has 0 aliphatic heterocycles. The first-order chi connectivity index (χ1) is 15.1. The molecule has 9 heteroatoms. The molecule has 4 rings (SSSR count). The van der Waals surface area contributed by atoms with Crippen molar-refractivity contribution in [2.75, 3.05) is 5.32 Å². The zero-order valence-corrected chi connectivity index (χ0v) is 17.9. The summed E-state index contributed by atoms with van der Waals surface area (Å²) in [6.45, 7) is 5.84. The number of primary amides is 1. The van der Waals surface area contributed by atoms with E-state index in [1.165, 1.54) is 12.1 Å². The van der Waals surface area contributed by atoms with Gasteiger partial charge in [0.2, 0.25) is 0 Å². The number of amides is 1. The van der Waals surface area contributed by atoms with Gasteiger partial charge < -0.3 is 11.1 Å². The first-order valence-electron chi connectivity index (χ1n) is 9.96. The van der Waals surface area contributed by atoms with Gasteiger partial charge in [-0.2, -0.15) is 5.10 Å². The lowest BCUT2D eigenvalue weighted by Crippen LogP contribution is -2.25. The highest BCUT2D eigenvalue weighted by molar-refractivity contribution is 6.04. The Morgan fingerprint density at radius 3 is 2.38 bits per heavy atom. The highest BCUT2D eigenvalue weighted by atomic mass is 16.6. The third kappa shape index (κ3) is 3.87. The lowest BCUT2D eigenvalue weighted by atomic mass is 10.1. The Morgan fingerprint density at radius 2 is 1.75 bits per heavy atom. The van der Waals surface area contributed by atoms with Crippen LogP contribution in [0.15, 0.2) is 60.7 Å². The number of nitrogens with one attached hydrogen (secondary N) is 1. The van der Waals surface area contributed by atoms with Gasteiger partial charge in [0.25, 0.3) is 11.6 Å². The summed E-state index contributed by atoms with van der Waals surface area (Å²) < 4.78 is 1.68. The molecule has 2 heterocycles. The number of nitro groups is 1. The van der Waals surface area contributed by atoms with Crippen LogP contribution < -0.4 is 11.1 Å². The highest BCUT2D eigenvalue weighted by Gasteiger charge is 2.29. The van der Waals surface area contributed by atoms with Gasteiger partial charge in [0.1, 0.15) is 22.9 Å². The number of carbonyl (C=O) groups excluding carboxylic acids is 1. The van der Waals surface area contributed by atoms with E-state index in [4.69, 9.17) is 5.73 Å². The van der Waals surface area contributed by atoms with Crippen LogP contribution in [0.1, 0.15) is 31.1 Å². The summed E-state index contributed by atoms with van der Waals surface area (Å²) in [6.07, 6.45) is 0. The van der Waals surface area contributed by atoms with Crippen molar-refractivity contribution >= 4 is 34.1 Å². The number of non-ortho nitro benzene ring substituents is 1. The molecule has 9 nitrogen and oxygen atoms in total. The molecule has 0 fully saturated rings. The number of hydrogen-bond acceptors (Lipinski definition) is 6. The second kappa shape index (κ2) is 7.77. The molecule has 0 radical (unpaired) electrons. The minimum atomic E-state index is -0.669. The van der Waals surface area contributed by atoms with Gasteiger partial charge in [-0.3, -0.25) is 14.9 Å².